The molecule has 1 N–H and O–H groups in total. The molecule has 0 bridgehead atoms. The topological polar surface area (TPSA) is 56.2 Å². The van der Waals surface area contributed by atoms with Gasteiger partial charge in [-0.25, -0.2) is 0 Å². The van der Waals surface area contributed by atoms with Crippen molar-refractivity contribution in [2.75, 3.05) is 5.32 Å². The summed E-state index contributed by atoms with van der Waals surface area (Å²) >= 11 is 3.48. The first kappa shape index (κ1) is 21.8. The Labute approximate surface area is 196 Å². The van der Waals surface area contributed by atoms with E-state index < -0.39 is 0 Å². The van der Waals surface area contributed by atoms with Crippen molar-refractivity contribution in [1.29, 1.82) is 0 Å². The Kier molecular flexibility index (Phi) is 6.71. The van der Waals surface area contributed by atoms with E-state index in [4.69, 9.17) is 4.74 Å². The van der Waals surface area contributed by atoms with Crippen molar-refractivity contribution in [3.05, 3.63) is 111 Å². The van der Waals surface area contributed by atoms with E-state index in [2.05, 4.69) is 38.5 Å². The minimum absolute atomic E-state index is 0.168. The molecule has 0 aliphatic heterocycles. The highest BCUT2D eigenvalue weighted by Gasteiger charge is 2.16. The number of aromatic nitrogens is 2. The van der Waals surface area contributed by atoms with Gasteiger partial charge in [0, 0.05) is 5.56 Å². The predicted octanol–water partition coefficient (Wildman–Crippen LogP) is 6.14. The van der Waals surface area contributed by atoms with E-state index in [0.717, 1.165) is 38.4 Å². The van der Waals surface area contributed by atoms with Gasteiger partial charge in [-0.05, 0) is 65.2 Å². The second-order valence-corrected chi connectivity index (χ2v) is 8.42. The molecule has 0 unspecified atom stereocenters. The van der Waals surface area contributed by atoms with Gasteiger partial charge < -0.3 is 10.1 Å². The second-order valence-electron chi connectivity index (χ2n) is 7.56. The van der Waals surface area contributed by atoms with E-state index in [-0.39, 0.29) is 5.91 Å². The summed E-state index contributed by atoms with van der Waals surface area (Å²) in [6.45, 7) is 4.91. The van der Waals surface area contributed by atoms with Crippen molar-refractivity contribution < 1.29 is 9.53 Å². The molecule has 32 heavy (non-hydrogen) atoms. The van der Waals surface area contributed by atoms with Gasteiger partial charge in [-0.2, -0.15) is 5.10 Å². The van der Waals surface area contributed by atoms with Crippen molar-refractivity contribution in [3.8, 4) is 5.75 Å². The first-order chi connectivity index (χ1) is 15.5. The predicted molar refractivity (Wildman–Crippen MR) is 130 cm³/mol. The van der Waals surface area contributed by atoms with Crippen molar-refractivity contribution in [3.63, 3.8) is 0 Å². The quantitative estimate of drug-likeness (QED) is 0.339. The van der Waals surface area contributed by atoms with Crippen LogP contribution in [0.3, 0.4) is 0 Å². The van der Waals surface area contributed by atoms with Crippen LogP contribution < -0.4 is 10.1 Å². The number of halogens is 1. The summed E-state index contributed by atoms with van der Waals surface area (Å²) in [7, 11) is 0. The first-order valence-corrected chi connectivity index (χ1v) is 11.2. The van der Waals surface area contributed by atoms with Gasteiger partial charge in [-0.15, -0.1) is 0 Å². The van der Waals surface area contributed by atoms with Crippen LogP contribution in [0.15, 0.2) is 83.3 Å². The molecule has 1 heterocycles. The molecule has 0 radical (unpaired) electrons. The number of amides is 1. The molecule has 3 aromatic carbocycles. The lowest BCUT2D eigenvalue weighted by Crippen LogP contribution is -2.14. The molecule has 0 aliphatic rings. The Morgan fingerprint density at radius 1 is 0.969 bits per heavy atom. The standard InChI is InChI=1S/C26H24BrN3O2/c1-18-25(19(2)30(29-18)16-20-9-4-3-5-10-20)28-26(31)22-12-8-11-21(15-22)17-32-24-14-7-6-13-23(24)27/h3-15H,16-17H2,1-2H3,(H,28,31). The van der Waals surface area contributed by atoms with Crippen LogP contribution in [0.1, 0.15) is 32.9 Å². The number of para-hydroxylation sites is 1. The van der Waals surface area contributed by atoms with Gasteiger partial charge in [-0.3, -0.25) is 9.48 Å². The van der Waals surface area contributed by atoms with E-state index in [0.29, 0.717) is 18.7 Å². The fourth-order valence-electron chi connectivity index (χ4n) is 3.50. The summed E-state index contributed by atoms with van der Waals surface area (Å²) in [4.78, 5) is 13.0. The lowest BCUT2D eigenvalue weighted by Gasteiger charge is -2.10. The number of hydrogen-bond donors (Lipinski definition) is 1. The van der Waals surface area contributed by atoms with Crippen molar-refractivity contribution in [2.24, 2.45) is 0 Å². The molecule has 0 saturated carbocycles. The SMILES string of the molecule is Cc1nn(Cc2ccccc2)c(C)c1NC(=O)c1cccc(COc2ccccc2Br)c1. The number of nitrogens with zero attached hydrogens (tertiary/aromatic N) is 2. The number of aryl methyl sites for hydroxylation is 1. The largest absolute Gasteiger partial charge is 0.488 e. The lowest BCUT2D eigenvalue weighted by molar-refractivity contribution is 0.102. The van der Waals surface area contributed by atoms with Gasteiger partial charge in [0.1, 0.15) is 12.4 Å². The summed E-state index contributed by atoms with van der Waals surface area (Å²) in [6, 6.07) is 25.3. The Bertz CT molecular complexity index is 1240. The molecule has 0 aliphatic carbocycles. The molecule has 4 rings (SSSR count). The van der Waals surface area contributed by atoms with Crippen LogP contribution in [-0.2, 0) is 13.2 Å². The zero-order valence-electron chi connectivity index (χ0n) is 18.0. The molecular weight excluding hydrogens is 466 g/mol. The smallest absolute Gasteiger partial charge is 0.255 e. The number of nitrogens with one attached hydrogen (secondary N) is 1. The number of hydrogen-bond acceptors (Lipinski definition) is 3. The third-order valence-corrected chi connectivity index (χ3v) is 5.87. The summed E-state index contributed by atoms with van der Waals surface area (Å²) in [5.41, 5.74) is 5.12. The highest BCUT2D eigenvalue weighted by molar-refractivity contribution is 9.10. The summed E-state index contributed by atoms with van der Waals surface area (Å²) in [5.74, 6) is 0.595. The first-order valence-electron chi connectivity index (χ1n) is 10.4. The number of carbonyl (C=O) groups is 1. The number of anilines is 1. The maximum atomic E-state index is 13.0. The Balaban J connectivity index is 1.46. The second kappa shape index (κ2) is 9.83. The van der Waals surface area contributed by atoms with Crippen molar-refractivity contribution >= 4 is 27.5 Å². The average molecular weight is 490 g/mol. The van der Waals surface area contributed by atoms with Gasteiger partial charge in [0.2, 0.25) is 0 Å². The van der Waals surface area contributed by atoms with Gasteiger partial charge >= 0.3 is 0 Å². The zero-order valence-corrected chi connectivity index (χ0v) is 19.6. The Hall–Kier alpha value is -3.38. The molecule has 0 spiro atoms. The normalized spacial score (nSPS) is 10.7. The zero-order chi connectivity index (χ0) is 22.5. The highest BCUT2D eigenvalue weighted by atomic mass is 79.9. The van der Waals surface area contributed by atoms with Crippen LogP contribution in [0, 0.1) is 13.8 Å². The molecule has 4 aromatic rings. The van der Waals surface area contributed by atoms with Crippen LogP contribution >= 0.6 is 15.9 Å². The van der Waals surface area contributed by atoms with Crippen LogP contribution in [0.4, 0.5) is 5.69 Å². The van der Waals surface area contributed by atoms with Gasteiger partial charge in [0.25, 0.3) is 5.91 Å². The molecule has 1 aromatic heterocycles. The van der Waals surface area contributed by atoms with E-state index >= 15 is 0 Å². The fourth-order valence-corrected chi connectivity index (χ4v) is 3.90. The van der Waals surface area contributed by atoms with Gasteiger partial charge in [-0.1, -0.05) is 54.6 Å². The lowest BCUT2D eigenvalue weighted by atomic mass is 10.1. The van der Waals surface area contributed by atoms with Crippen LogP contribution in [0.5, 0.6) is 5.75 Å². The molecule has 0 fully saturated rings. The number of ether oxygens (including phenoxy) is 1. The fraction of sp³-hybridized carbons (Fsp3) is 0.154. The summed E-state index contributed by atoms with van der Waals surface area (Å²) in [6.07, 6.45) is 0. The molecule has 6 heteroatoms. The van der Waals surface area contributed by atoms with Gasteiger partial charge in [0.05, 0.1) is 28.1 Å². The molecular formula is C26H24BrN3O2. The third kappa shape index (κ3) is 5.08. The molecule has 162 valence electrons. The third-order valence-electron chi connectivity index (χ3n) is 5.22. The van der Waals surface area contributed by atoms with Gasteiger partial charge in [0.15, 0.2) is 0 Å². The van der Waals surface area contributed by atoms with Crippen LogP contribution in [0.2, 0.25) is 0 Å². The Morgan fingerprint density at radius 3 is 2.47 bits per heavy atom. The molecule has 0 saturated heterocycles. The Morgan fingerprint density at radius 2 is 1.69 bits per heavy atom. The summed E-state index contributed by atoms with van der Waals surface area (Å²) in [5, 5.41) is 7.66. The monoisotopic (exact) mass is 489 g/mol. The summed E-state index contributed by atoms with van der Waals surface area (Å²) < 4.78 is 8.70. The van der Waals surface area contributed by atoms with Crippen LogP contribution in [0.25, 0.3) is 0 Å². The molecule has 0 atom stereocenters. The maximum absolute atomic E-state index is 13.0. The number of rotatable bonds is 7. The van der Waals surface area contributed by atoms with Crippen molar-refractivity contribution in [2.45, 2.75) is 27.0 Å². The highest BCUT2D eigenvalue weighted by Crippen LogP contribution is 2.25. The van der Waals surface area contributed by atoms with Crippen LogP contribution in [-0.4, -0.2) is 15.7 Å². The minimum atomic E-state index is -0.168. The van der Waals surface area contributed by atoms with E-state index in [1.807, 2.05) is 79.2 Å². The van der Waals surface area contributed by atoms with Crippen molar-refractivity contribution in [1.82, 2.24) is 9.78 Å². The number of benzene rings is 3. The average Bonchev–Trinajstić information content (AvgIpc) is 3.06. The molecule has 1 amide bonds. The van der Waals surface area contributed by atoms with E-state index in [1.165, 1.54) is 0 Å². The maximum Gasteiger partial charge on any atom is 0.255 e. The van der Waals surface area contributed by atoms with E-state index in [9.17, 15) is 4.79 Å². The minimum Gasteiger partial charge on any atom is -0.488 e. The van der Waals surface area contributed by atoms with E-state index in [1.54, 1.807) is 6.07 Å². The number of carbonyl (C=O) groups excluding carboxylic acids is 1. The molecule has 5 nitrogen and oxygen atoms in total.